The van der Waals surface area contributed by atoms with Crippen LogP contribution in [-0.4, -0.2) is 44.8 Å². The van der Waals surface area contributed by atoms with Crippen LogP contribution in [0.3, 0.4) is 0 Å². The van der Waals surface area contributed by atoms with Crippen LogP contribution in [0.4, 0.5) is 0 Å². The summed E-state index contributed by atoms with van der Waals surface area (Å²) in [5.74, 6) is 0. The second-order valence-corrected chi connectivity index (χ2v) is 5.65. The fourth-order valence-electron chi connectivity index (χ4n) is 2.84. The molecule has 2 fully saturated rings. The van der Waals surface area contributed by atoms with E-state index in [4.69, 9.17) is 27.4 Å². The van der Waals surface area contributed by atoms with Crippen LogP contribution in [0.1, 0.15) is 12.5 Å². The summed E-state index contributed by atoms with van der Waals surface area (Å²) in [5.41, 5.74) is 10.5. The molecular formula is C13H14N6O2S. The van der Waals surface area contributed by atoms with E-state index in [9.17, 15) is 0 Å². The SMILES string of the molecule is NC(=S)N/N=C1/C[C@H](n2nnc3ccccc32)[C@H]2CO[C@@H]1O2. The number of nitrogens with two attached hydrogens (primary N) is 1. The van der Waals surface area contributed by atoms with Gasteiger partial charge in [-0.2, -0.15) is 5.10 Å². The number of aromatic nitrogens is 3. The molecule has 2 bridgehead atoms. The number of fused-ring (bicyclic) bond motifs is 3. The molecule has 2 aromatic rings. The van der Waals surface area contributed by atoms with Crippen LogP contribution in [-0.2, 0) is 9.47 Å². The van der Waals surface area contributed by atoms with E-state index in [0.717, 1.165) is 11.0 Å². The zero-order valence-electron chi connectivity index (χ0n) is 11.5. The molecule has 2 aliphatic rings. The molecule has 2 aliphatic heterocycles. The highest BCUT2D eigenvalue weighted by molar-refractivity contribution is 7.80. The lowest BCUT2D eigenvalue weighted by Crippen LogP contribution is -2.39. The number of nitrogens with zero attached hydrogens (tertiary/aromatic N) is 4. The summed E-state index contributed by atoms with van der Waals surface area (Å²) in [5, 5.41) is 12.8. The molecule has 0 amide bonds. The molecule has 3 N–H and O–H groups in total. The van der Waals surface area contributed by atoms with Crippen LogP contribution in [0.15, 0.2) is 29.4 Å². The van der Waals surface area contributed by atoms with Gasteiger partial charge >= 0.3 is 0 Å². The number of thiocarbonyl (C=S) groups is 1. The van der Waals surface area contributed by atoms with Crippen LogP contribution in [0.2, 0.25) is 0 Å². The monoisotopic (exact) mass is 318 g/mol. The molecule has 0 spiro atoms. The van der Waals surface area contributed by atoms with Crippen molar-refractivity contribution in [3.63, 3.8) is 0 Å². The summed E-state index contributed by atoms with van der Waals surface area (Å²) in [6, 6.07) is 7.79. The zero-order valence-corrected chi connectivity index (χ0v) is 12.4. The molecule has 1 aromatic heterocycles. The predicted octanol–water partition coefficient (Wildman–Crippen LogP) is 0.307. The minimum Gasteiger partial charge on any atom is -0.375 e. The van der Waals surface area contributed by atoms with Gasteiger partial charge in [0.2, 0.25) is 0 Å². The molecule has 22 heavy (non-hydrogen) atoms. The van der Waals surface area contributed by atoms with Crippen LogP contribution >= 0.6 is 12.2 Å². The third-order valence-electron chi connectivity index (χ3n) is 3.83. The van der Waals surface area contributed by atoms with Crippen LogP contribution in [0, 0.1) is 0 Å². The number of hydrogen-bond donors (Lipinski definition) is 2. The molecular weight excluding hydrogens is 304 g/mol. The fourth-order valence-corrected chi connectivity index (χ4v) is 2.88. The number of ether oxygens (including phenoxy) is 2. The molecule has 9 heteroatoms. The summed E-state index contributed by atoms with van der Waals surface area (Å²) in [4.78, 5) is 0. The Morgan fingerprint density at radius 2 is 2.32 bits per heavy atom. The Morgan fingerprint density at radius 1 is 1.45 bits per heavy atom. The Bertz CT molecular complexity index is 760. The van der Waals surface area contributed by atoms with Crippen molar-refractivity contribution >= 4 is 34.1 Å². The average Bonchev–Trinajstić information content (AvgIpc) is 3.12. The third-order valence-corrected chi connectivity index (χ3v) is 3.92. The molecule has 3 heterocycles. The zero-order chi connectivity index (χ0) is 15.1. The molecule has 1 aromatic carbocycles. The Hall–Kier alpha value is -2.10. The van der Waals surface area contributed by atoms with Crippen molar-refractivity contribution < 1.29 is 9.47 Å². The van der Waals surface area contributed by atoms with E-state index in [2.05, 4.69) is 20.8 Å². The second kappa shape index (κ2) is 5.27. The van der Waals surface area contributed by atoms with Crippen LogP contribution in [0.5, 0.6) is 0 Å². The summed E-state index contributed by atoms with van der Waals surface area (Å²) < 4.78 is 13.4. The van der Waals surface area contributed by atoms with Gasteiger partial charge in [-0.1, -0.05) is 17.3 Å². The Morgan fingerprint density at radius 3 is 3.18 bits per heavy atom. The lowest BCUT2D eigenvalue weighted by molar-refractivity contribution is -0.0317. The van der Waals surface area contributed by atoms with Crippen molar-refractivity contribution in [2.45, 2.75) is 24.9 Å². The fraction of sp³-hybridized carbons (Fsp3) is 0.385. The molecule has 114 valence electrons. The highest BCUT2D eigenvalue weighted by atomic mass is 32.1. The summed E-state index contributed by atoms with van der Waals surface area (Å²) in [7, 11) is 0. The van der Waals surface area contributed by atoms with E-state index in [0.29, 0.717) is 18.7 Å². The van der Waals surface area contributed by atoms with Crippen molar-refractivity contribution in [2.24, 2.45) is 10.8 Å². The molecule has 0 unspecified atom stereocenters. The highest BCUT2D eigenvalue weighted by Crippen LogP contribution is 2.34. The molecule has 8 nitrogen and oxygen atoms in total. The summed E-state index contributed by atoms with van der Waals surface area (Å²) in [6.07, 6.45) is 0.120. The van der Waals surface area contributed by atoms with Crippen molar-refractivity contribution in [3.05, 3.63) is 24.3 Å². The second-order valence-electron chi connectivity index (χ2n) is 5.21. The van der Waals surface area contributed by atoms with Gasteiger partial charge in [0.05, 0.1) is 23.9 Å². The van der Waals surface area contributed by atoms with Gasteiger partial charge in [0.1, 0.15) is 11.6 Å². The highest BCUT2D eigenvalue weighted by Gasteiger charge is 2.43. The van der Waals surface area contributed by atoms with Crippen LogP contribution in [0.25, 0.3) is 11.0 Å². The topological polar surface area (TPSA) is 99.6 Å². The van der Waals surface area contributed by atoms with Crippen molar-refractivity contribution in [2.75, 3.05) is 6.61 Å². The van der Waals surface area contributed by atoms with Gasteiger partial charge in [-0.25, -0.2) is 4.68 Å². The lowest BCUT2D eigenvalue weighted by atomic mass is 10.0. The van der Waals surface area contributed by atoms with E-state index < -0.39 is 6.29 Å². The maximum atomic E-state index is 5.86. The molecule has 0 aliphatic carbocycles. The van der Waals surface area contributed by atoms with Gasteiger partial charge in [0.25, 0.3) is 0 Å². The largest absolute Gasteiger partial charge is 0.375 e. The molecule has 3 atom stereocenters. The summed E-state index contributed by atoms with van der Waals surface area (Å²) >= 11 is 4.77. The average molecular weight is 318 g/mol. The number of benzene rings is 1. The standard InChI is InChI=1S/C13H14N6O2S/c14-13(22)17-15-8-5-10(11-6-20-12(8)21-11)19-9-4-2-1-3-7(9)16-18-19/h1-4,10-12H,5-6H2,(H3,14,17,22)/b15-8-/t10-,11+,12+/m0/s1. The minimum atomic E-state index is -0.446. The van der Waals surface area contributed by atoms with Gasteiger partial charge in [-0.05, 0) is 24.4 Å². The Kier molecular flexibility index (Phi) is 3.25. The van der Waals surface area contributed by atoms with E-state index in [1.165, 1.54) is 0 Å². The molecule has 0 radical (unpaired) electrons. The predicted molar refractivity (Wildman–Crippen MR) is 83.2 cm³/mol. The maximum absolute atomic E-state index is 5.86. The first-order valence-corrected chi connectivity index (χ1v) is 7.32. The van der Waals surface area contributed by atoms with E-state index >= 15 is 0 Å². The molecule has 4 rings (SSSR count). The van der Waals surface area contributed by atoms with Gasteiger partial charge in [0.15, 0.2) is 11.4 Å². The first kappa shape index (κ1) is 13.6. The number of nitrogens with one attached hydrogen (secondary N) is 1. The summed E-state index contributed by atoms with van der Waals surface area (Å²) in [6.45, 7) is 0.496. The third kappa shape index (κ3) is 2.23. The lowest BCUT2D eigenvalue weighted by Gasteiger charge is -2.28. The number of hydrazone groups is 1. The van der Waals surface area contributed by atoms with Gasteiger partial charge < -0.3 is 15.2 Å². The van der Waals surface area contributed by atoms with Crippen molar-refractivity contribution in [1.29, 1.82) is 0 Å². The van der Waals surface area contributed by atoms with Gasteiger partial charge in [-0.3, -0.25) is 5.43 Å². The van der Waals surface area contributed by atoms with Crippen molar-refractivity contribution in [3.8, 4) is 0 Å². The number of hydrogen-bond acceptors (Lipinski definition) is 6. The van der Waals surface area contributed by atoms with Crippen molar-refractivity contribution in [1.82, 2.24) is 20.4 Å². The van der Waals surface area contributed by atoms with E-state index in [1.54, 1.807) is 0 Å². The van der Waals surface area contributed by atoms with Gasteiger partial charge in [-0.15, -0.1) is 5.10 Å². The van der Waals surface area contributed by atoms with Crippen LogP contribution < -0.4 is 11.2 Å². The molecule has 0 saturated carbocycles. The molecule has 2 saturated heterocycles. The normalized spacial score (nSPS) is 29.1. The smallest absolute Gasteiger partial charge is 0.199 e. The first-order chi connectivity index (χ1) is 10.7. The Balaban J connectivity index is 1.69. The minimum absolute atomic E-state index is 0.0296. The Labute approximate surface area is 131 Å². The number of para-hydroxylation sites is 1. The quantitative estimate of drug-likeness (QED) is 0.607. The van der Waals surface area contributed by atoms with E-state index in [1.807, 2.05) is 28.9 Å². The maximum Gasteiger partial charge on any atom is 0.199 e. The number of rotatable bonds is 2. The van der Waals surface area contributed by atoms with E-state index in [-0.39, 0.29) is 17.3 Å². The van der Waals surface area contributed by atoms with Gasteiger partial charge in [0, 0.05) is 6.42 Å². The first-order valence-electron chi connectivity index (χ1n) is 6.91.